The third-order valence-electron chi connectivity index (χ3n) is 3.15. The van der Waals surface area contributed by atoms with E-state index < -0.39 is 5.60 Å². The van der Waals surface area contributed by atoms with Crippen LogP contribution < -0.4 is 5.73 Å². The minimum Gasteiger partial charge on any atom is -0.384 e. The van der Waals surface area contributed by atoms with Crippen molar-refractivity contribution >= 4 is 16.5 Å². The summed E-state index contributed by atoms with van der Waals surface area (Å²) in [6.45, 7) is 2.18. The molecular formula is C10H16N2OS. The molecule has 0 radical (unpaired) electrons. The van der Waals surface area contributed by atoms with Crippen LogP contribution in [0.4, 0.5) is 5.13 Å². The lowest BCUT2D eigenvalue weighted by atomic mass is 9.98. The standard InChI is InChI=1S/C10H16N2OS/c1-2-7-3-4-10(13,5-7)8-6-12-9(11)14-8/h6-7,13H,2-5H2,1H3,(H2,11,12). The predicted octanol–water partition coefficient (Wildman–Crippen LogP) is 2.12. The molecule has 0 bridgehead atoms. The van der Waals surface area contributed by atoms with Gasteiger partial charge in [-0.25, -0.2) is 4.98 Å². The molecular weight excluding hydrogens is 196 g/mol. The van der Waals surface area contributed by atoms with Crippen LogP contribution in [0.15, 0.2) is 6.20 Å². The van der Waals surface area contributed by atoms with Gasteiger partial charge in [0, 0.05) is 6.20 Å². The lowest BCUT2D eigenvalue weighted by Crippen LogP contribution is -2.20. The van der Waals surface area contributed by atoms with Gasteiger partial charge in [0.2, 0.25) is 0 Å². The van der Waals surface area contributed by atoms with Crippen LogP contribution in [0.2, 0.25) is 0 Å². The van der Waals surface area contributed by atoms with Crippen molar-refractivity contribution in [2.75, 3.05) is 5.73 Å². The maximum atomic E-state index is 10.4. The number of aromatic nitrogens is 1. The monoisotopic (exact) mass is 212 g/mol. The Morgan fingerprint density at radius 2 is 2.57 bits per heavy atom. The van der Waals surface area contributed by atoms with Gasteiger partial charge in [0.1, 0.15) is 5.60 Å². The summed E-state index contributed by atoms with van der Waals surface area (Å²) < 4.78 is 0. The van der Waals surface area contributed by atoms with E-state index in [9.17, 15) is 5.11 Å². The first-order valence-electron chi connectivity index (χ1n) is 5.08. The van der Waals surface area contributed by atoms with Crippen molar-refractivity contribution < 1.29 is 5.11 Å². The first-order valence-corrected chi connectivity index (χ1v) is 5.90. The molecule has 3 nitrogen and oxygen atoms in total. The molecule has 1 aromatic rings. The van der Waals surface area contributed by atoms with Crippen molar-refractivity contribution in [3.8, 4) is 0 Å². The summed E-state index contributed by atoms with van der Waals surface area (Å²) in [5, 5.41) is 10.9. The Labute approximate surface area is 88.0 Å². The average molecular weight is 212 g/mol. The summed E-state index contributed by atoms with van der Waals surface area (Å²) in [5.74, 6) is 0.656. The smallest absolute Gasteiger partial charge is 0.180 e. The number of nitrogen functional groups attached to an aromatic ring is 1. The first-order chi connectivity index (χ1) is 6.64. The lowest BCUT2D eigenvalue weighted by molar-refractivity contribution is 0.0434. The van der Waals surface area contributed by atoms with Crippen LogP contribution in [0.1, 0.15) is 37.5 Å². The third kappa shape index (κ3) is 1.64. The highest BCUT2D eigenvalue weighted by Gasteiger charge is 2.39. The lowest BCUT2D eigenvalue weighted by Gasteiger charge is -2.20. The normalized spacial score (nSPS) is 32.3. The third-order valence-corrected chi connectivity index (χ3v) is 4.17. The van der Waals surface area contributed by atoms with Gasteiger partial charge in [0.05, 0.1) is 4.88 Å². The number of anilines is 1. The minimum atomic E-state index is -0.643. The van der Waals surface area contributed by atoms with Crippen molar-refractivity contribution in [3.63, 3.8) is 0 Å². The molecule has 78 valence electrons. The molecule has 0 aliphatic heterocycles. The predicted molar refractivity (Wildman–Crippen MR) is 58.1 cm³/mol. The molecule has 2 unspecified atom stereocenters. The van der Waals surface area contributed by atoms with Crippen LogP contribution in [-0.4, -0.2) is 10.1 Å². The molecule has 1 aromatic heterocycles. The van der Waals surface area contributed by atoms with E-state index in [1.165, 1.54) is 11.3 Å². The molecule has 1 fully saturated rings. The van der Waals surface area contributed by atoms with Gasteiger partial charge in [0.15, 0.2) is 5.13 Å². The van der Waals surface area contributed by atoms with Gasteiger partial charge >= 0.3 is 0 Å². The SMILES string of the molecule is CCC1CCC(O)(c2cnc(N)s2)C1. The number of nitrogens with two attached hydrogens (primary N) is 1. The van der Waals surface area contributed by atoms with E-state index in [1.54, 1.807) is 6.20 Å². The topological polar surface area (TPSA) is 59.1 Å². The van der Waals surface area contributed by atoms with Gasteiger partial charge in [0.25, 0.3) is 0 Å². The zero-order chi connectivity index (χ0) is 10.2. The Kier molecular flexibility index (Phi) is 2.49. The molecule has 1 aliphatic carbocycles. The van der Waals surface area contributed by atoms with Crippen molar-refractivity contribution in [1.82, 2.24) is 4.98 Å². The zero-order valence-corrected chi connectivity index (χ0v) is 9.18. The van der Waals surface area contributed by atoms with Crippen LogP contribution in [0.5, 0.6) is 0 Å². The number of rotatable bonds is 2. The number of hydrogen-bond donors (Lipinski definition) is 2. The summed E-state index contributed by atoms with van der Waals surface area (Å²) >= 11 is 1.41. The Hall–Kier alpha value is -0.610. The van der Waals surface area contributed by atoms with Crippen molar-refractivity contribution in [3.05, 3.63) is 11.1 Å². The molecule has 1 saturated carbocycles. The van der Waals surface area contributed by atoms with E-state index in [0.717, 1.165) is 30.6 Å². The van der Waals surface area contributed by atoms with E-state index in [1.807, 2.05) is 0 Å². The van der Waals surface area contributed by atoms with Crippen LogP contribution in [0.3, 0.4) is 0 Å². The summed E-state index contributed by atoms with van der Waals surface area (Å²) in [7, 11) is 0. The van der Waals surface area contributed by atoms with E-state index in [-0.39, 0.29) is 0 Å². The highest BCUT2D eigenvalue weighted by Crippen LogP contribution is 2.45. The van der Waals surface area contributed by atoms with Crippen molar-refractivity contribution in [2.24, 2.45) is 5.92 Å². The quantitative estimate of drug-likeness (QED) is 0.789. The van der Waals surface area contributed by atoms with Gasteiger partial charge < -0.3 is 10.8 Å². The highest BCUT2D eigenvalue weighted by molar-refractivity contribution is 7.15. The summed E-state index contributed by atoms with van der Waals surface area (Å²) in [6, 6.07) is 0. The molecule has 1 heterocycles. The van der Waals surface area contributed by atoms with Gasteiger partial charge in [-0.3, -0.25) is 0 Å². The van der Waals surface area contributed by atoms with E-state index in [4.69, 9.17) is 5.73 Å². The largest absolute Gasteiger partial charge is 0.384 e. The minimum absolute atomic E-state index is 0.549. The second-order valence-corrected chi connectivity index (χ2v) is 5.17. The number of nitrogens with zero attached hydrogens (tertiary/aromatic N) is 1. The van der Waals surface area contributed by atoms with Gasteiger partial charge in [-0.15, -0.1) is 0 Å². The molecule has 14 heavy (non-hydrogen) atoms. The van der Waals surface area contributed by atoms with E-state index in [0.29, 0.717) is 11.0 Å². The Balaban J connectivity index is 2.18. The average Bonchev–Trinajstić information content (AvgIpc) is 2.73. The summed E-state index contributed by atoms with van der Waals surface area (Å²) in [6.07, 6.45) is 5.71. The maximum Gasteiger partial charge on any atom is 0.180 e. The molecule has 2 atom stereocenters. The van der Waals surface area contributed by atoms with Crippen LogP contribution >= 0.6 is 11.3 Å². The van der Waals surface area contributed by atoms with E-state index in [2.05, 4.69) is 11.9 Å². The molecule has 0 amide bonds. The Morgan fingerprint density at radius 3 is 3.07 bits per heavy atom. The Morgan fingerprint density at radius 1 is 1.79 bits per heavy atom. The fraction of sp³-hybridized carbons (Fsp3) is 0.700. The van der Waals surface area contributed by atoms with Crippen LogP contribution in [0, 0.1) is 5.92 Å². The van der Waals surface area contributed by atoms with Gasteiger partial charge in [-0.1, -0.05) is 24.7 Å². The maximum absolute atomic E-state index is 10.4. The van der Waals surface area contributed by atoms with Crippen molar-refractivity contribution in [1.29, 1.82) is 0 Å². The molecule has 0 spiro atoms. The Bertz CT molecular complexity index is 326. The highest BCUT2D eigenvalue weighted by atomic mass is 32.1. The van der Waals surface area contributed by atoms with Crippen molar-refractivity contribution in [2.45, 2.75) is 38.2 Å². The zero-order valence-electron chi connectivity index (χ0n) is 8.36. The number of aliphatic hydroxyl groups is 1. The molecule has 3 N–H and O–H groups in total. The molecule has 0 aromatic carbocycles. The summed E-state index contributed by atoms with van der Waals surface area (Å²) in [5.41, 5.74) is 4.93. The van der Waals surface area contributed by atoms with Gasteiger partial charge in [-0.2, -0.15) is 0 Å². The second-order valence-electron chi connectivity index (χ2n) is 4.11. The number of hydrogen-bond acceptors (Lipinski definition) is 4. The van der Waals surface area contributed by atoms with Gasteiger partial charge in [-0.05, 0) is 25.2 Å². The second kappa shape index (κ2) is 3.51. The fourth-order valence-electron chi connectivity index (χ4n) is 2.20. The van der Waals surface area contributed by atoms with Crippen LogP contribution in [0.25, 0.3) is 0 Å². The molecule has 1 aliphatic rings. The first kappa shape index (κ1) is 9.93. The van der Waals surface area contributed by atoms with Crippen LogP contribution in [-0.2, 0) is 5.60 Å². The molecule has 4 heteroatoms. The molecule has 2 rings (SSSR count). The fourth-order valence-corrected chi connectivity index (χ4v) is 3.01. The summed E-state index contributed by atoms with van der Waals surface area (Å²) in [4.78, 5) is 4.93. The van der Waals surface area contributed by atoms with E-state index >= 15 is 0 Å². The molecule has 0 saturated heterocycles. The number of thiazole rings is 1.